The molecular formula is C27H29F3N4O3S. The Morgan fingerprint density at radius 2 is 1.84 bits per heavy atom. The van der Waals surface area contributed by atoms with E-state index in [1.807, 2.05) is 0 Å². The van der Waals surface area contributed by atoms with Crippen molar-refractivity contribution in [2.45, 2.75) is 57.0 Å². The van der Waals surface area contributed by atoms with Gasteiger partial charge in [-0.1, -0.05) is 49.6 Å². The number of rotatable bonds is 10. The third-order valence-corrected chi connectivity index (χ3v) is 8.39. The van der Waals surface area contributed by atoms with Crippen molar-refractivity contribution in [3.8, 4) is 0 Å². The van der Waals surface area contributed by atoms with Crippen LogP contribution in [0.5, 0.6) is 0 Å². The number of nitrogens with one attached hydrogen (secondary N) is 1. The molecule has 11 heteroatoms. The molecule has 1 unspecified atom stereocenters. The molecule has 202 valence electrons. The van der Waals surface area contributed by atoms with Crippen LogP contribution in [0.2, 0.25) is 0 Å². The van der Waals surface area contributed by atoms with Gasteiger partial charge in [-0.3, -0.25) is 9.78 Å². The van der Waals surface area contributed by atoms with Crippen LogP contribution in [0, 0.1) is 5.92 Å². The maximum absolute atomic E-state index is 13.7. The van der Waals surface area contributed by atoms with Gasteiger partial charge in [0.05, 0.1) is 5.69 Å². The van der Waals surface area contributed by atoms with Crippen LogP contribution in [0.25, 0.3) is 0 Å². The van der Waals surface area contributed by atoms with Crippen molar-refractivity contribution in [2.24, 2.45) is 5.92 Å². The number of ketones is 1. The molecule has 1 N–H and O–H groups in total. The van der Waals surface area contributed by atoms with Crippen LogP contribution in [0.15, 0.2) is 48.8 Å². The molecule has 0 bridgehead atoms. The van der Waals surface area contributed by atoms with Crippen molar-refractivity contribution in [1.82, 2.24) is 15.0 Å². The summed E-state index contributed by atoms with van der Waals surface area (Å²) in [5.74, 6) is 0.325. The molecule has 1 aliphatic rings. The second-order valence-corrected chi connectivity index (χ2v) is 12.1. The molecule has 1 atom stereocenters. The number of sulfone groups is 1. The topological polar surface area (TPSA) is 102 Å². The van der Waals surface area contributed by atoms with Gasteiger partial charge < -0.3 is 5.32 Å². The number of Topliss-reactive ketones (excluding diaryl/α,β-unsaturated/α-hetero) is 1. The summed E-state index contributed by atoms with van der Waals surface area (Å²) in [7, 11) is -3.46. The van der Waals surface area contributed by atoms with Gasteiger partial charge in [0.25, 0.3) is 0 Å². The third kappa shape index (κ3) is 6.75. The summed E-state index contributed by atoms with van der Waals surface area (Å²) in [4.78, 5) is 24.6. The predicted octanol–water partition coefficient (Wildman–Crippen LogP) is 5.57. The number of carbonyl (C=O) groups excluding carboxylic acids is 1. The van der Waals surface area contributed by atoms with Crippen molar-refractivity contribution in [2.75, 3.05) is 11.6 Å². The van der Waals surface area contributed by atoms with E-state index in [0.29, 0.717) is 23.5 Å². The molecule has 0 radical (unpaired) electrons. The SMILES string of the molecule is CC(c1ncccc1CNc1nc(Cc2ccc(C(=O)CC3CCC3)cc2)ncc1C(F)(F)F)S(C)(=O)=O. The lowest BCUT2D eigenvalue weighted by atomic mass is 9.81. The molecule has 0 amide bonds. The molecule has 0 saturated heterocycles. The number of nitrogens with zero attached hydrogens (tertiary/aromatic N) is 3. The highest BCUT2D eigenvalue weighted by atomic mass is 32.2. The number of anilines is 1. The summed E-state index contributed by atoms with van der Waals surface area (Å²) < 4.78 is 65.2. The summed E-state index contributed by atoms with van der Waals surface area (Å²) in [5.41, 5.74) is 1.05. The first-order valence-electron chi connectivity index (χ1n) is 12.3. The van der Waals surface area contributed by atoms with Gasteiger partial charge in [0.1, 0.15) is 22.5 Å². The lowest BCUT2D eigenvalue weighted by Gasteiger charge is -2.24. The van der Waals surface area contributed by atoms with E-state index in [9.17, 15) is 26.4 Å². The van der Waals surface area contributed by atoms with Gasteiger partial charge in [-0.25, -0.2) is 18.4 Å². The van der Waals surface area contributed by atoms with Gasteiger partial charge in [0.15, 0.2) is 15.6 Å². The standard InChI is InChI=1S/C27H29F3N4O3S/c1-17(38(2,36)37)25-21(7-4-12-31-25)15-33-26-22(27(28,29)30)16-32-24(34-26)14-19-8-10-20(11-9-19)23(35)13-18-5-3-6-18/h4,7-12,16-18H,3,5-6,13-15H2,1-2H3,(H,32,33,34). The van der Waals surface area contributed by atoms with Crippen LogP contribution in [0.3, 0.4) is 0 Å². The normalized spacial score (nSPS) is 15.1. The summed E-state index contributed by atoms with van der Waals surface area (Å²) >= 11 is 0. The number of hydrogen-bond donors (Lipinski definition) is 1. The largest absolute Gasteiger partial charge is 0.421 e. The maximum atomic E-state index is 13.7. The Balaban J connectivity index is 1.52. The van der Waals surface area contributed by atoms with Gasteiger partial charge in [-0.05, 0) is 30.0 Å². The molecular weight excluding hydrogens is 517 g/mol. The van der Waals surface area contributed by atoms with Crippen molar-refractivity contribution in [3.63, 3.8) is 0 Å². The average molecular weight is 547 g/mol. The Bertz CT molecular complexity index is 1410. The molecule has 38 heavy (non-hydrogen) atoms. The summed E-state index contributed by atoms with van der Waals surface area (Å²) in [6, 6.07) is 10.2. The first kappa shape index (κ1) is 27.7. The molecule has 1 fully saturated rings. The summed E-state index contributed by atoms with van der Waals surface area (Å²) in [5, 5.41) is 1.79. The smallest absolute Gasteiger partial charge is 0.365 e. The fourth-order valence-corrected chi connectivity index (χ4v) is 4.88. The van der Waals surface area contributed by atoms with Gasteiger partial charge in [0, 0.05) is 43.6 Å². The van der Waals surface area contributed by atoms with Crippen molar-refractivity contribution in [3.05, 3.63) is 82.6 Å². The fraction of sp³-hybridized carbons (Fsp3) is 0.407. The number of alkyl halides is 3. The van der Waals surface area contributed by atoms with Gasteiger partial charge in [-0.2, -0.15) is 13.2 Å². The van der Waals surface area contributed by atoms with E-state index >= 15 is 0 Å². The number of aromatic nitrogens is 3. The van der Waals surface area contributed by atoms with E-state index in [-0.39, 0.29) is 30.3 Å². The second kappa shape index (κ2) is 11.2. The second-order valence-electron chi connectivity index (χ2n) is 9.72. The highest BCUT2D eigenvalue weighted by molar-refractivity contribution is 7.90. The first-order chi connectivity index (χ1) is 17.9. The number of benzene rings is 1. The molecule has 1 aliphatic carbocycles. The zero-order valence-corrected chi connectivity index (χ0v) is 21.9. The highest BCUT2D eigenvalue weighted by Gasteiger charge is 2.35. The lowest BCUT2D eigenvalue weighted by Crippen LogP contribution is -2.17. The predicted molar refractivity (Wildman–Crippen MR) is 137 cm³/mol. The molecule has 3 aromatic rings. The van der Waals surface area contributed by atoms with Crippen molar-refractivity contribution < 1.29 is 26.4 Å². The highest BCUT2D eigenvalue weighted by Crippen LogP contribution is 2.34. The third-order valence-electron chi connectivity index (χ3n) is 6.88. The molecule has 4 rings (SSSR count). The van der Waals surface area contributed by atoms with Crippen LogP contribution in [0.4, 0.5) is 19.0 Å². The van der Waals surface area contributed by atoms with Crippen LogP contribution < -0.4 is 5.32 Å². The van der Waals surface area contributed by atoms with Crippen LogP contribution in [-0.4, -0.2) is 35.4 Å². The average Bonchev–Trinajstić information content (AvgIpc) is 2.84. The van der Waals surface area contributed by atoms with Crippen molar-refractivity contribution in [1.29, 1.82) is 0 Å². The van der Waals surface area contributed by atoms with Gasteiger partial charge in [-0.15, -0.1) is 0 Å². The zero-order chi connectivity index (χ0) is 27.5. The molecule has 0 aliphatic heterocycles. The van der Waals surface area contributed by atoms with Gasteiger partial charge >= 0.3 is 6.18 Å². The van der Waals surface area contributed by atoms with E-state index < -0.39 is 32.6 Å². The quantitative estimate of drug-likeness (QED) is 0.332. The Kier molecular flexibility index (Phi) is 8.15. The number of hydrogen-bond acceptors (Lipinski definition) is 7. The molecule has 7 nitrogen and oxygen atoms in total. The molecule has 2 heterocycles. The first-order valence-corrected chi connectivity index (χ1v) is 14.3. The Labute approximate surface area is 219 Å². The Morgan fingerprint density at radius 3 is 2.45 bits per heavy atom. The molecule has 0 spiro atoms. The fourth-order valence-electron chi connectivity index (χ4n) is 4.26. The van der Waals surface area contributed by atoms with E-state index in [1.54, 1.807) is 36.4 Å². The minimum absolute atomic E-state index is 0.0958. The lowest BCUT2D eigenvalue weighted by molar-refractivity contribution is -0.137. The zero-order valence-electron chi connectivity index (χ0n) is 21.1. The molecule has 1 saturated carbocycles. The number of carbonyl (C=O) groups is 1. The van der Waals surface area contributed by atoms with E-state index in [1.165, 1.54) is 19.5 Å². The van der Waals surface area contributed by atoms with Crippen LogP contribution in [0.1, 0.15) is 76.4 Å². The minimum Gasteiger partial charge on any atom is -0.365 e. The van der Waals surface area contributed by atoms with Crippen molar-refractivity contribution >= 4 is 21.4 Å². The number of pyridine rings is 1. The van der Waals surface area contributed by atoms with Crippen LogP contribution in [-0.2, 0) is 29.0 Å². The number of halogens is 3. The maximum Gasteiger partial charge on any atom is 0.421 e. The monoisotopic (exact) mass is 546 g/mol. The summed E-state index contributed by atoms with van der Waals surface area (Å²) in [6.07, 6.45) is 2.63. The van der Waals surface area contributed by atoms with E-state index in [4.69, 9.17) is 0 Å². The summed E-state index contributed by atoms with van der Waals surface area (Å²) in [6.45, 7) is 1.37. The minimum atomic E-state index is -4.69. The van der Waals surface area contributed by atoms with Crippen LogP contribution >= 0.6 is 0 Å². The molecule has 2 aromatic heterocycles. The van der Waals surface area contributed by atoms with Gasteiger partial charge in [0.2, 0.25) is 0 Å². The van der Waals surface area contributed by atoms with E-state index in [0.717, 1.165) is 30.9 Å². The Morgan fingerprint density at radius 1 is 1.13 bits per heavy atom. The molecule has 1 aromatic carbocycles. The van der Waals surface area contributed by atoms with E-state index in [2.05, 4.69) is 20.3 Å². The Hall–Kier alpha value is -3.34.